The summed E-state index contributed by atoms with van der Waals surface area (Å²) in [4.78, 5) is 33.2. The van der Waals surface area contributed by atoms with Crippen LogP contribution in [0.4, 0.5) is 5.00 Å². The molecule has 1 aliphatic rings. The largest absolute Gasteiger partial charge is 0.497 e. The van der Waals surface area contributed by atoms with Crippen molar-refractivity contribution >= 4 is 49.7 Å². The second-order valence-electron chi connectivity index (χ2n) is 7.91. The Balaban J connectivity index is 1.59. The summed E-state index contributed by atoms with van der Waals surface area (Å²) in [6.45, 7) is 2.77. The van der Waals surface area contributed by atoms with E-state index in [4.69, 9.17) is 14.5 Å². The van der Waals surface area contributed by atoms with Gasteiger partial charge in [-0.3, -0.25) is 9.59 Å². The zero-order valence-electron chi connectivity index (χ0n) is 19.0. The molecule has 0 aliphatic carbocycles. The molecule has 1 aliphatic heterocycles. The number of fused-ring (bicyclic) bond motifs is 2. The maximum atomic E-state index is 13.4. The molecule has 5 rings (SSSR count). The van der Waals surface area contributed by atoms with Crippen LogP contribution < -0.4 is 14.8 Å². The summed E-state index contributed by atoms with van der Waals surface area (Å²) in [6.07, 6.45) is 0.717. The summed E-state index contributed by atoms with van der Waals surface area (Å²) in [7, 11) is 3.09. The number of anilines is 1. The summed E-state index contributed by atoms with van der Waals surface area (Å²) >= 11 is 3.11. The van der Waals surface area contributed by atoms with Gasteiger partial charge >= 0.3 is 0 Å². The molecule has 0 radical (unpaired) electrons. The number of amides is 2. The van der Waals surface area contributed by atoms with E-state index in [9.17, 15) is 9.59 Å². The summed E-state index contributed by atoms with van der Waals surface area (Å²) in [5, 5.41) is 4.69. The van der Waals surface area contributed by atoms with E-state index in [0.717, 1.165) is 42.7 Å². The summed E-state index contributed by atoms with van der Waals surface area (Å²) in [5.41, 5.74) is 3.40. The molecular weight excluding hydrogens is 470 g/mol. The molecule has 34 heavy (non-hydrogen) atoms. The summed E-state index contributed by atoms with van der Waals surface area (Å²) in [6, 6.07) is 13.1. The number of para-hydroxylation sites is 1. The van der Waals surface area contributed by atoms with E-state index < -0.39 is 0 Å². The van der Waals surface area contributed by atoms with Gasteiger partial charge in [-0.25, -0.2) is 4.98 Å². The van der Waals surface area contributed by atoms with Crippen LogP contribution in [-0.4, -0.2) is 42.5 Å². The third-order valence-corrected chi connectivity index (χ3v) is 8.07. The van der Waals surface area contributed by atoms with Crippen LogP contribution >= 0.6 is 22.7 Å². The Labute approximate surface area is 205 Å². The fourth-order valence-corrected chi connectivity index (χ4v) is 6.50. The van der Waals surface area contributed by atoms with Crippen molar-refractivity contribution in [2.24, 2.45) is 0 Å². The van der Waals surface area contributed by atoms with Crippen LogP contribution in [0.1, 0.15) is 27.7 Å². The monoisotopic (exact) mass is 493 g/mol. The molecule has 0 spiro atoms. The van der Waals surface area contributed by atoms with Gasteiger partial charge in [-0.1, -0.05) is 12.1 Å². The van der Waals surface area contributed by atoms with Gasteiger partial charge < -0.3 is 19.7 Å². The van der Waals surface area contributed by atoms with E-state index in [1.165, 1.54) is 18.4 Å². The normalized spacial score (nSPS) is 13.0. The molecule has 0 saturated carbocycles. The van der Waals surface area contributed by atoms with E-state index in [1.807, 2.05) is 29.2 Å². The molecule has 0 fully saturated rings. The van der Waals surface area contributed by atoms with E-state index in [2.05, 4.69) is 5.32 Å². The lowest BCUT2D eigenvalue weighted by molar-refractivity contribution is -0.129. The maximum absolute atomic E-state index is 13.4. The van der Waals surface area contributed by atoms with Crippen molar-refractivity contribution in [2.45, 2.75) is 19.9 Å². The average Bonchev–Trinajstić information content (AvgIpc) is 3.43. The maximum Gasteiger partial charge on any atom is 0.260 e. The lowest BCUT2D eigenvalue weighted by Crippen LogP contribution is -2.33. The van der Waals surface area contributed by atoms with E-state index in [-0.39, 0.29) is 11.8 Å². The Hall–Kier alpha value is -3.43. The number of carbonyl (C=O) groups is 2. The molecule has 7 nitrogen and oxygen atoms in total. The fourth-order valence-electron chi connectivity index (χ4n) is 4.13. The van der Waals surface area contributed by atoms with Crippen LogP contribution in [-0.2, 0) is 17.8 Å². The van der Waals surface area contributed by atoms with Crippen molar-refractivity contribution in [3.8, 4) is 22.1 Å². The first kappa shape index (κ1) is 22.4. The summed E-state index contributed by atoms with van der Waals surface area (Å²) in [5.74, 6) is 0.788. The smallest absolute Gasteiger partial charge is 0.260 e. The topological polar surface area (TPSA) is 80.8 Å². The average molecular weight is 494 g/mol. The predicted molar refractivity (Wildman–Crippen MR) is 135 cm³/mol. The number of carbonyl (C=O) groups excluding carboxylic acids is 2. The summed E-state index contributed by atoms with van der Waals surface area (Å²) < 4.78 is 11.8. The molecular formula is C25H23N3O4S2. The van der Waals surface area contributed by atoms with Crippen LogP contribution in [0.15, 0.2) is 42.5 Å². The first-order valence-electron chi connectivity index (χ1n) is 10.8. The van der Waals surface area contributed by atoms with E-state index in [1.54, 1.807) is 43.6 Å². The Morgan fingerprint density at radius 2 is 1.91 bits per heavy atom. The Kier molecular flexibility index (Phi) is 5.97. The van der Waals surface area contributed by atoms with Gasteiger partial charge in [0.15, 0.2) is 0 Å². The van der Waals surface area contributed by atoms with Gasteiger partial charge in [-0.2, -0.15) is 0 Å². The van der Waals surface area contributed by atoms with Crippen LogP contribution in [0.2, 0.25) is 0 Å². The quantitative estimate of drug-likeness (QED) is 0.413. The Morgan fingerprint density at radius 1 is 1.09 bits per heavy atom. The van der Waals surface area contributed by atoms with Crippen molar-refractivity contribution in [3.63, 3.8) is 0 Å². The minimum absolute atomic E-state index is 0.0484. The van der Waals surface area contributed by atoms with Crippen molar-refractivity contribution in [1.29, 1.82) is 0 Å². The molecule has 2 amide bonds. The molecule has 0 bridgehead atoms. The zero-order valence-corrected chi connectivity index (χ0v) is 20.6. The second kappa shape index (κ2) is 9.08. The molecule has 1 N–H and O–H groups in total. The van der Waals surface area contributed by atoms with E-state index >= 15 is 0 Å². The van der Waals surface area contributed by atoms with Gasteiger partial charge in [0.25, 0.3) is 5.91 Å². The van der Waals surface area contributed by atoms with Gasteiger partial charge in [0.2, 0.25) is 5.91 Å². The minimum Gasteiger partial charge on any atom is -0.497 e. The number of nitrogens with zero attached hydrogens (tertiary/aromatic N) is 2. The van der Waals surface area contributed by atoms with Gasteiger partial charge in [-0.15, -0.1) is 22.7 Å². The van der Waals surface area contributed by atoms with Gasteiger partial charge in [-0.05, 0) is 42.3 Å². The number of thiazole rings is 1. The molecule has 174 valence electrons. The number of methoxy groups -OCH3 is 2. The van der Waals surface area contributed by atoms with Crippen LogP contribution in [0.5, 0.6) is 11.5 Å². The lowest BCUT2D eigenvalue weighted by atomic mass is 10.0. The second-order valence-corrected chi connectivity index (χ2v) is 10.0. The number of rotatable bonds is 5. The highest BCUT2D eigenvalue weighted by Gasteiger charge is 2.29. The zero-order chi connectivity index (χ0) is 23.8. The molecule has 9 heteroatoms. The minimum atomic E-state index is -0.292. The first-order valence-corrected chi connectivity index (χ1v) is 12.4. The number of benzene rings is 2. The molecule has 2 aromatic heterocycles. The van der Waals surface area contributed by atoms with E-state index in [0.29, 0.717) is 30.2 Å². The number of hydrogen-bond acceptors (Lipinski definition) is 7. The molecule has 0 saturated heterocycles. The standard InChI is InChI=1S/C25H23N3O4S2/c1-14(29)28-11-10-16-21(13-28)34-25(22(16)24-26-18-6-4-5-7-20(18)33-24)27-23(30)17-12-15(31-2)8-9-19(17)32-3/h4-9,12H,10-11,13H2,1-3H3,(H,27,30). The Morgan fingerprint density at radius 3 is 2.65 bits per heavy atom. The van der Waals surface area contributed by atoms with Crippen molar-refractivity contribution in [2.75, 3.05) is 26.1 Å². The highest BCUT2D eigenvalue weighted by molar-refractivity contribution is 7.23. The number of aromatic nitrogens is 1. The fraction of sp³-hybridized carbons (Fsp3) is 0.240. The molecule has 0 unspecified atom stereocenters. The van der Waals surface area contributed by atoms with Gasteiger partial charge in [0.1, 0.15) is 21.5 Å². The highest BCUT2D eigenvalue weighted by Crippen LogP contribution is 2.46. The van der Waals surface area contributed by atoms with Crippen LogP contribution in [0, 0.1) is 0 Å². The number of nitrogens with one attached hydrogen (secondary N) is 1. The predicted octanol–water partition coefficient (Wildman–Crippen LogP) is 5.20. The number of hydrogen-bond donors (Lipinski definition) is 1. The third kappa shape index (κ3) is 4.01. The SMILES string of the molecule is COc1ccc(OC)c(C(=O)Nc2sc3c(c2-c2nc4ccccc4s2)CCN(C(C)=O)C3)c1. The van der Waals surface area contributed by atoms with Crippen molar-refractivity contribution < 1.29 is 19.1 Å². The van der Waals surface area contributed by atoms with Crippen molar-refractivity contribution in [1.82, 2.24) is 9.88 Å². The lowest BCUT2D eigenvalue weighted by Gasteiger charge is -2.26. The Bertz CT molecular complexity index is 1380. The first-order chi connectivity index (χ1) is 16.5. The van der Waals surface area contributed by atoms with Gasteiger partial charge in [0, 0.05) is 23.9 Å². The van der Waals surface area contributed by atoms with Crippen LogP contribution in [0.3, 0.4) is 0 Å². The van der Waals surface area contributed by atoms with Crippen LogP contribution in [0.25, 0.3) is 20.8 Å². The molecule has 3 heterocycles. The van der Waals surface area contributed by atoms with Gasteiger partial charge in [0.05, 0.1) is 36.5 Å². The molecule has 0 atom stereocenters. The molecule has 2 aromatic carbocycles. The van der Waals surface area contributed by atoms with Crippen molar-refractivity contribution in [3.05, 3.63) is 58.5 Å². The highest BCUT2D eigenvalue weighted by atomic mass is 32.1. The molecule has 4 aromatic rings. The third-order valence-electron chi connectivity index (χ3n) is 5.89. The number of thiophene rings is 1. The number of ether oxygens (including phenoxy) is 2.